The second-order valence-corrected chi connectivity index (χ2v) is 3.39. The molecule has 0 amide bonds. The van der Waals surface area contributed by atoms with Gasteiger partial charge in [0.1, 0.15) is 5.82 Å². The molecule has 0 saturated carbocycles. The number of ether oxygens (including phenoxy) is 1. The van der Waals surface area contributed by atoms with Gasteiger partial charge in [0, 0.05) is 0 Å². The number of rotatable bonds is 0. The fraction of sp³-hybridized carbons (Fsp3) is 0.400. The first-order valence-electron chi connectivity index (χ1n) is 4.34. The summed E-state index contributed by atoms with van der Waals surface area (Å²) in [7, 11) is 0. The molecule has 2 rings (SSSR count). The predicted molar refractivity (Wildman–Crippen MR) is 47.6 cm³/mol. The summed E-state index contributed by atoms with van der Waals surface area (Å²) in [5, 5.41) is 0. The Morgan fingerprint density at radius 2 is 2.31 bits per heavy atom. The van der Waals surface area contributed by atoms with E-state index in [-0.39, 0.29) is 18.0 Å². The van der Waals surface area contributed by atoms with Crippen LogP contribution in [0, 0.1) is 5.82 Å². The van der Waals surface area contributed by atoms with Gasteiger partial charge < -0.3 is 10.5 Å². The average molecular weight is 181 g/mol. The normalized spacial score (nSPS) is 27.0. The van der Waals surface area contributed by atoms with Gasteiger partial charge in [-0.1, -0.05) is 6.07 Å². The van der Waals surface area contributed by atoms with Crippen molar-refractivity contribution in [1.82, 2.24) is 0 Å². The van der Waals surface area contributed by atoms with E-state index in [0.717, 1.165) is 11.1 Å². The van der Waals surface area contributed by atoms with Crippen molar-refractivity contribution in [2.24, 2.45) is 5.73 Å². The molecule has 70 valence electrons. The quantitative estimate of drug-likeness (QED) is 0.661. The monoisotopic (exact) mass is 181 g/mol. The zero-order valence-corrected chi connectivity index (χ0v) is 7.46. The molecular formula is C10H12FNO. The minimum absolute atomic E-state index is 0.0331. The maximum absolute atomic E-state index is 12.9. The molecule has 1 aromatic rings. The van der Waals surface area contributed by atoms with Crippen molar-refractivity contribution in [3.8, 4) is 0 Å². The van der Waals surface area contributed by atoms with E-state index >= 15 is 0 Å². The van der Waals surface area contributed by atoms with Crippen molar-refractivity contribution < 1.29 is 9.13 Å². The van der Waals surface area contributed by atoms with Gasteiger partial charge in [-0.25, -0.2) is 4.39 Å². The lowest BCUT2D eigenvalue weighted by molar-refractivity contribution is 0.0212. The number of benzene rings is 1. The van der Waals surface area contributed by atoms with Crippen molar-refractivity contribution in [2.75, 3.05) is 0 Å². The Morgan fingerprint density at radius 1 is 1.54 bits per heavy atom. The van der Waals surface area contributed by atoms with Crippen molar-refractivity contribution in [3.05, 3.63) is 35.1 Å². The molecule has 3 heteroatoms. The van der Waals surface area contributed by atoms with Crippen molar-refractivity contribution in [3.63, 3.8) is 0 Å². The van der Waals surface area contributed by atoms with Crippen LogP contribution in [0.25, 0.3) is 0 Å². The largest absolute Gasteiger partial charge is 0.372 e. The highest BCUT2D eigenvalue weighted by Crippen LogP contribution is 2.27. The van der Waals surface area contributed by atoms with Gasteiger partial charge in [-0.2, -0.15) is 0 Å². The van der Waals surface area contributed by atoms with Gasteiger partial charge in [-0.05, 0) is 30.2 Å². The van der Waals surface area contributed by atoms with E-state index < -0.39 is 0 Å². The molecule has 0 unspecified atom stereocenters. The second-order valence-electron chi connectivity index (χ2n) is 3.39. The maximum atomic E-state index is 12.9. The third kappa shape index (κ3) is 1.45. The van der Waals surface area contributed by atoms with Crippen LogP contribution in [0.1, 0.15) is 24.1 Å². The second kappa shape index (κ2) is 3.09. The highest BCUT2D eigenvalue weighted by atomic mass is 19.1. The molecule has 1 heterocycles. The van der Waals surface area contributed by atoms with Crippen LogP contribution in [-0.2, 0) is 11.3 Å². The number of hydrogen-bond donors (Lipinski definition) is 1. The van der Waals surface area contributed by atoms with E-state index in [0.29, 0.717) is 6.61 Å². The van der Waals surface area contributed by atoms with Gasteiger partial charge in [0.2, 0.25) is 0 Å². The Hall–Kier alpha value is -0.930. The lowest BCUT2D eigenvalue weighted by atomic mass is 9.95. The van der Waals surface area contributed by atoms with E-state index in [1.54, 1.807) is 6.07 Å². The van der Waals surface area contributed by atoms with E-state index in [9.17, 15) is 4.39 Å². The summed E-state index contributed by atoms with van der Waals surface area (Å²) in [6, 6.07) is 4.46. The number of hydrogen-bond acceptors (Lipinski definition) is 2. The summed E-state index contributed by atoms with van der Waals surface area (Å²) in [5.74, 6) is -0.233. The maximum Gasteiger partial charge on any atom is 0.123 e. The predicted octanol–water partition coefficient (Wildman–Crippen LogP) is 1.74. The molecule has 0 fully saturated rings. The summed E-state index contributed by atoms with van der Waals surface area (Å²) < 4.78 is 18.3. The van der Waals surface area contributed by atoms with Crippen LogP contribution in [0.15, 0.2) is 18.2 Å². The zero-order valence-electron chi connectivity index (χ0n) is 7.46. The molecule has 1 aromatic carbocycles. The highest BCUT2D eigenvalue weighted by Gasteiger charge is 2.23. The van der Waals surface area contributed by atoms with Crippen LogP contribution in [0.5, 0.6) is 0 Å². The minimum Gasteiger partial charge on any atom is -0.372 e. The molecule has 0 bridgehead atoms. The Bertz CT molecular complexity index is 327. The van der Waals surface area contributed by atoms with Crippen LogP contribution >= 0.6 is 0 Å². The van der Waals surface area contributed by atoms with E-state index in [4.69, 9.17) is 10.5 Å². The van der Waals surface area contributed by atoms with Gasteiger partial charge in [-0.3, -0.25) is 0 Å². The third-order valence-corrected chi connectivity index (χ3v) is 2.47. The minimum atomic E-state index is -0.233. The Morgan fingerprint density at radius 3 is 3.08 bits per heavy atom. The molecule has 0 saturated heterocycles. The summed E-state index contributed by atoms with van der Waals surface area (Å²) in [4.78, 5) is 0. The fourth-order valence-electron chi connectivity index (χ4n) is 1.59. The molecule has 0 aliphatic carbocycles. The molecule has 13 heavy (non-hydrogen) atoms. The van der Waals surface area contributed by atoms with Crippen LogP contribution in [-0.4, -0.2) is 6.10 Å². The lowest BCUT2D eigenvalue weighted by Gasteiger charge is -2.28. The first-order valence-corrected chi connectivity index (χ1v) is 4.34. The first kappa shape index (κ1) is 8.66. The summed E-state index contributed by atoms with van der Waals surface area (Å²) in [5.41, 5.74) is 7.73. The Labute approximate surface area is 76.5 Å². The van der Waals surface area contributed by atoms with Gasteiger partial charge in [0.25, 0.3) is 0 Å². The SMILES string of the molecule is C[C@H]1OCc2ccc(F)cc2[C@H]1N. The van der Waals surface area contributed by atoms with Crippen LogP contribution in [0.2, 0.25) is 0 Å². The summed E-state index contributed by atoms with van der Waals surface area (Å²) >= 11 is 0. The molecule has 0 aromatic heterocycles. The number of halogens is 1. The number of nitrogens with two attached hydrogens (primary N) is 1. The molecule has 2 atom stereocenters. The Kier molecular flexibility index (Phi) is 2.06. The Balaban J connectivity index is 2.45. The summed E-state index contributed by atoms with van der Waals surface area (Å²) in [6.45, 7) is 2.43. The van der Waals surface area contributed by atoms with Crippen LogP contribution in [0.4, 0.5) is 4.39 Å². The van der Waals surface area contributed by atoms with Crippen LogP contribution in [0.3, 0.4) is 0 Å². The third-order valence-electron chi connectivity index (χ3n) is 2.47. The molecule has 1 aliphatic rings. The van der Waals surface area contributed by atoms with Crippen molar-refractivity contribution >= 4 is 0 Å². The summed E-state index contributed by atoms with van der Waals surface area (Å²) in [6.07, 6.45) is -0.0331. The molecule has 2 N–H and O–H groups in total. The average Bonchev–Trinajstić information content (AvgIpc) is 2.12. The van der Waals surface area contributed by atoms with Crippen molar-refractivity contribution in [1.29, 1.82) is 0 Å². The number of fused-ring (bicyclic) bond motifs is 1. The van der Waals surface area contributed by atoms with E-state index in [1.165, 1.54) is 12.1 Å². The van der Waals surface area contributed by atoms with E-state index in [1.807, 2.05) is 6.92 Å². The molecular weight excluding hydrogens is 169 g/mol. The van der Waals surface area contributed by atoms with Gasteiger partial charge in [-0.15, -0.1) is 0 Å². The van der Waals surface area contributed by atoms with Crippen molar-refractivity contribution in [2.45, 2.75) is 25.7 Å². The molecule has 0 radical (unpaired) electrons. The molecule has 1 aliphatic heterocycles. The lowest BCUT2D eigenvalue weighted by Crippen LogP contribution is -2.31. The van der Waals surface area contributed by atoms with Gasteiger partial charge >= 0.3 is 0 Å². The first-order chi connectivity index (χ1) is 6.18. The van der Waals surface area contributed by atoms with Gasteiger partial charge in [0.05, 0.1) is 18.8 Å². The smallest absolute Gasteiger partial charge is 0.123 e. The standard InChI is InChI=1S/C10H12FNO/c1-6-10(12)9-4-8(11)3-2-7(9)5-13-6/h2-4,6,10H,5,12H2,1H3/t6-,10+/m1/s1. The van der Waals surface area contributed by atoms with Gasteiger partial charge in [0.15, 0.2) is 0 Å². The zero-order chi connectivity index (χ0) is 9.42. The van der Waals surface area contributed by atoms with E-state index in [2.05, 4.69) is 0 Å². The van der Waals surface area contributed by atoms with Crippen LogP contribution < -0.4 is 5.73 Å². The molecule has 0 spiro atoms. The topological polar surface area (TPSA) is 35.2 Å². The highest BCUT2D eigenvalue weighted by molar-refractivity contribution is 5.32. The molecule has 2 nitrogen and oxygen atoms in total. The fourth-order valence-corrected chi connectivity index (χ4v) is 1.59.